The van der Waals surface area contributed by atoms with Gasteiger partial charge >= 0.3 is 0 Å². The van der Waals surface area contributed by atoms with Crippen molar-refractivity contribution in [2.24, 2.45) is 0 Å². The molecule has 0 aromatic heterocycles. The Morgan fingerprint density at radius 3 is 1.68 bits per heavy atom. The van der Waals surface area contributed by atoms with Crippen molar-refractivity contribution >= 4 is 5.71 Å². The van der Waals surface area contributed by atoms with Crippen LogP contribution < -0.4 is 9.47 Å². The quantitative estimate of drug-likeness (QED) is 0.653. The second-order valence-electron chi connectivity index (χ2n) is 5.76. The molecule has 0 aliphatic carbocycles. The highest BCUT2D eigenvalue weighted by molar-refractivity contribution is 6.05. The van der Waals surface area contributed by atoms with Crippen LogP contribution in [-0.2, 0) is 0 Å². The molecule has 25 heavy (non-hydrogen) atoms. The van der Waals surface area contributed by atoms with Gasteiger partial charge in [0.25, 0.3) is 0 Å². The third-order valence-electron chi connectivity index (χ3n) is 4.27. The zero-order valence-corrected chi connectivity index (χ0v) is 14.4. The summed E-state index contributed by atoms with van der Waals surface area (Å²) in [6.45, 7) is 0. The van der Waals surface area contributed by atoms with Crippen molar-refractivity contribution in [3.8, 4) is 11.5 Å². The van der Waals surface area contributed by atoms with Crippen LogP contribution in [0.15, 0.2) is 78.9 Å². The molecule has 3 aromatic rings. The standard InChI is InChI=1S/C22H21NO2/c1-24-19-12-8-17(9-13-19)21(16-6-4-3-5-7-16)22(23)18-10-14-20(25-2)15-11-18/h3-15,21,23H,1-2H3. The minimum absolute atomic E-state index is 0.138. The summed E-state index contributed by atoms with van der Waals surface area (Å²) in [4.78, 5) is 0. The maximum absolute atomic E-state index is 8.82. The van der Waals surface area contributed by atoms with E-state index < -0.39 is 0 Å². The van der Waals surface area contributed by atoms with Crippen molar-refractivity contribution in [2.45, 2.75) is 5.92 Å². The summed E-state index contributed by atoms with van der Waals surface area (Å²) in [5, 5.41) is 8.82. The van der Waals surface area contributed by atoms with Gasteiger partial charge in [-0.15, -0.1) is 0 Å². The van der Waals surface area contributed by atoms with Crippen LogP contribution in [0.1, 0.15) is 22.6 Å². The molecular weight excluding hydrogens is 310 g/mol. The molecule has 0 saturated carbocycles. The molecule has 1 N–H and O–H groups in total. The number of hydrogen-bond acceptors (Lipinski definition) is 3. The molecular formula is C22H21NO2. The number of nitrogens with one attached hydrogen (secondary N) is 1. The van der Waals surface area contributed by atoms with E-state index in [1.54, 1.807) is 14.2 Å². The fourth-order valence-corrected chi connectivity index (χ4v) is 2.90. The lowest BCUT2D eigenvalue weighted by Crippen LogP contribution is -2.14. The van der Waals surface area contributed by atoms with E-state index in [1.165, 1.54) is 0 Å². The van der Waals surface area contributed by atoms with Gasteiger partial charge in [-0.25, -0.2) is 0 Å². The maximum atomic E-state index is 8.82. The van der Waals surface area contributed by atoms with Crippen LogP contribution >= 0.6 is 0 Å². The van der Waals surface area contributed by atoms with Crippen molar-refractivity contribution in [2.75, 3.05) is 14.2 Å². The minimum Gasteiger partial charge on any atom is -0.497 e. The van der Waals surface area contributed by atoms with Gasteiger partial charge in [0.1, 0.15) is 11.5 Å². The largest absolute Gasteiger partial charge is 0.497 e. The van der Waals surface area contributed by atoms with E-state index in [4.69, 9.17) is 14.9 Å². The lowest BCUT2D eigenvalue weighted by Gasteiger charge is -2.20. The molecule has 0 bridgehead atoms. The van der Waals surface area contributed by atoms with Crippen molar-refractivity contribution < 1.29 is 9.47 Å². The molecule has 0 radical (unpaired) electrons. The number of rotatable bonds is 6. The van der Waals surface area contributed by atoms with Crippen molar-refractivity contribution in [1.82, 2.24) is 0 Å². The monoisotopic (exact) mass is 331 g/mol. The van der Waals surface area contributed by atoms with E-state index in [-0.39, 0.29) is 5.92 Å². The second-order valence-corrected chi connectivity index (χ2v) is 5.76. The first kappa shape index (κ1) is 16.8. The molecule has 1 unspecified atom stereocenters. The Balaban J connectivity index is 2.01. The summed E-state index contributed by atoms with van der Waals surface area (Å²) in [6, 6.07) is 25.7. The van der Waals surface area contributed by atoms with E-state index >= 15 is 0 Å². The molecule has 126 valence electrons. The van der Waals surface area contributed by atoms with Crippen molar-refractivity contribution in [1.29, 1.82) is 5.41 Å². The molecule has 3 rings (SSSR count). The SMILES string of the molecule is COc1ccc(C(=N)C(c2ccccc2)c2ccc(OC)cc2)cc1. The van der Waals surface area contributed by atoms with Crippen LogP contribution in [0.3, 0.4) is 0 Å². The molecule has 1 atom stereocenters. The maximum Gasteiger partial charge on any atom is 0.118 e. The second kappa shape index (κ2) is 7.67. The van der Waals surface area contributed by atoms with E-state index in [0.717, 1.165) is 28.2 Å². The van der Waals surface area contributed by atoms with E-state index in [9.17, 15) is 0 Å². The fourth-order valence-electron chi connectivity index (χ4n) is 2.90. The highest BCUT2D eigenvalue weighted by Gasteiger charge is 2.20. The Morgan fingerprint density at radius 1 is 0.680 bits per heavy atom. The van der Waals surface area contributed by atoms with Crippen molar-refractivity contribution in [3.63, 3.8) is 0 Å². The van der Waals surface area contributed by atoms with Crippen LogP contribution in [0.5, 0.6) is 11.5 Å². The van der Waals surface area contributed by atoms with Crippen LogP contribution in [-0.4, -0.2) is 19.9 Å². The van der Waals surface area contributed by atoms with Crippen LogP contribution in [0, 0.1) is 5.41 Å². The van der Waals surface area contributed by atoms with Gasteiger partial charge in [-0.1, -0.05) is 42.5 Å². The highest BCUT2D eigenvalue weighted by Crippen LogP contribution is 2.30. The summed E-state index contributed by atoms with van der Waals surface area (Å²) in [5.41, 5.74) is 3.59. The Bertz CT molecular complexity index is 824. The first-order chi connectivity index (χ1) is 12.2. The normalized spacial score (nSPS) is 11.6. The zero-order chi connectivity index (χ0) is 17.6. The molecule has 3 heteroatoms. The van der Waals surface area contributed by atoms with Crippen molar-refractivity contribution in [3.05, 3.63) is 95.6 Å². The first-order valence-corrected chi connectivity index (χ1v) is 8.14. The summed E-state index contributed by atoms with van der Waals surface area (Å²) < 4.78 is 10.5. The first-order valence-electron chi connectivity index (χ1n) is 8.14. The molecule has 0 spiro atoms. The summed E-state index contributed by atoms with van der Waals surface area (Å²) in [5.74, 6) is 1.46. The van der Waals surface area contributed by atoms with Gasteiger partial charge in [0.15, 0.2) is 0 Å². The number of methoxy groups -OCH3 is 2. The van der Waals surface area contributed by atoms with E-state index in [1.807, 2.05) is 66.7 Å². The third-order valence-corrected chi connectivity index (χ3v) is 4.27. The molecule has 0 saturated heterocycles. The van der Waals surface area contributed by atoms with Gasteiger partial charge < -0.3 is 14.9 Å². The molecule has 0 aliphatic heterocycles. The van der Waals surface area contributed by atoms with Gasteiger partial charge in [-0.05, 0) is 53.1 Å². The highest BCUT2D eigenvalue weighted by atomic mass is 16.5. The Labute approximate surface area is 148 Å². The average Bonchev–Trinajstić information content (AvgIpc) is 2.69. The van der Waals surface area contributed by atoms with Crippen LogP contribution in [0.4, 0.5) is 0 Å². The molecule has 0 amide bonds. The van der Waals surface area contributed by atoms with Crippen LogP contribution in [0.2, 0.25) is 0 Å². The van der Waals surface area contributed by atoms with Crippen LogP contribution in [0.25, 0.3) is 0 Å². The lowest BCUT2D eigenvalue weighted by atomic mass is 9.84. The average molecular weight is 331 g/mol. The predicted molar refractivity (Wildman–Crippen MR) is 101 cm³/mol. The van der Waals surface area contributed by atoms with Gasteiger partial charge in [0.05, 0.1) is 25.8 Å². The summed E-state index contributed by atoms with van der Waals surface area (Å²) in [7, 11) is 3.30. The molecule has 0 aliphatic rings. The summed E-state index contributed by atoms with van der Waals surface area (Å²) in [6.07, 6.45) is 0. The number of hydrogen-bond donors (Lipinski definition) is 1. The number of ether oxygens (including phenoxy) is 2. The Morgan fingerprint density at radius 2 is 1.16 bits per heavy atom. The molecule has 3 aromatic carbocycles. The van der Waals surface area contributed by atoms with Gasteiger partial charge in [0.2, 0.25) is 0 Å². The molecule has 0 heterocycles. The molecule has 3 nitrogen and oxygen atoms in total. The lowest BCUT2D eigenvalue weighted by molar-refractivity contribution is 0.414. The molecule has 0 fully saturated rings. The van der Waals surface area contributed by atoms with Gasteiger partial charge in [0, 0.05) is 0 Å². The zero-order valence-electron chi connectivity index (χ0n) is 14.4. The Hall–Kier alpha value is -3.07. The number of benzene rings is 3. The predicted octanol–water partition coefficient (Wildman–Crippen LogP) is 4.90. The van der Waals surface area contributed by atoms with E-state index in [2.05, 4.69) is 12.1 Å². The minimum atomic E-state index is -0.138. The van der Waals surface area contributed by atoms with Gasteiger partial charge in [-0.3, -0.25) is 0 Å². The third kappa shape index (κ3) is 3.72. The van der Waals surface area contributed by atoms with Gasteiger partial charge in [-0.2, -0.15) is 0 Å². The summed E-state index contributed by atoms with van der Waals surface area (Å²) >= 11 is 0. The fraction of sp³-hybridized carbons (Fsp3) is 0.136. The van der Waals surface area contributed by atoms with E-state index in [0.29, 0.717) is 5.71 Å². The Kier molecular flexibility index (Phi) is 5.14. The topological polar surface area (TPSA) is 42.3 Å². The smallest absolute Gasteiger partial charge is 0.118 e.